The molecule has 0 radical (unpaired) electrons. The topological polar surface area (TPSA) is 44.4 Å². The molecule has 1 aliphatic rings. The largest absolute Gasteiger partial charge is 0.355 e. The lowest BCUT2D eigenvalue weighted by Crippen LogP contribution is -2.42. The molecule has 0 saturated carbocycles. The third kappa shape index (κ3) is 5.14. The molecule has 1 rings (SSSR count). The van der Waals surface area contributed by atoms with Crippen LogP contribution in [-0.2, 0) is 4.79 Å². The minimum Gasteiger partial charge on any atom is -0.355 e. The average molecular weight is 213 g/mol. The molecule has 4 heteroatoms. The fourth-order valence-corrected chi connectivity index (χ4v) is 2.20. The minimum absolute atomic E-state index is 0.0683. The maximum absolute atomic E-state index is 10.7. The standard InChI is InChI=1S/C11H23N3O/c1-10(15)13-5-7-14-6-3-4-11(9-14)8-12-2/h11-12H,3-9H2,1-2H3,(H,13,15). The number of nitrogens with zero attached hydrogens (tertiary/aromatic N) is 1. The van der Waals surface area contributed by atoms with Crippen LogP contribution in [0.2, 0.25) is 0 Å². The van der Waals surface area contributed by atoms with Crippen LogP contribution in [0.15, 0.2) is 0 Å². The summed E-state index contributed by atoms with van der Waals surface area (Å²) in [6.45, 7) is 6.79. The van der Waals surface area contributed by atoms with Crippen LogP contribution in [0.5, 0.6) is 0 Å². The van der Waals surface area contributed by atoms with E-state index in [9.17, 15) is 4.79 Å². The van der Waals surface area contributed by atoms with Gasteiger partial charge in [0.05, 0.1) is 0 Å². The van der Waals surface area contributed by atoms with E-state index < -0.39 is 0 Å². The van der Waals surface area contributed by atoms with Crippen molar-refractivity contribution < 1.29 is 4.79 Å². The van der Waals surface area contributed by atoms with E-state index in [1.54, 1.807) is 6.92 Å². The molecule has 0 aliphatic carbocycles. The van der Waals surface area contributed by atoms with Crippen LogP contribution in [0.4, 0.5) is 0 Å². The van der Waals surface area contributed by atoms with Gasteiger partial charge in [0.1, 0.15) is 0 Å². The summed E-state index contributed by atoms with van der Waals surface area (Å²) < 4.78 is 0. The van der Waals surface area contributed by atoms with E-state index in [1.165, 1.54) is 25.9 Å². The molecular formula is C11H23N3O. The molecule has 1 heterocycles. The van der Waals surface area contributed by atoms with Crippen molar-refractivity contribution in [3.8, 4) is 0 Å². The van der Waals surface area contributed by atoms with Crippen molar-refractivity contribution in [1.29, 1.82) is 0 Å². The van der Waals surface area contributed by atoms with E-state index >= 15 is 0 Å². The molecule has 1 aliphatic heterocycles. The molecule has 0 aromatic heterocycles. The van der Waals surface area contributed by atoms with E-state index in [1.807, 2.05) is 7.05 Å². The molecular weight excluding hydrogens is 190 g/mol. The number of rotatable bonds is 5. The second kappa shape index (κ2) is 6.80. The number of carbonyl (C=O) groups is 1. The van der Waals surface area contributed by atoms with Gasteiger partial charge >= 0.3 is 0 Å². The van der Waals surface area contributed by atoms with Crippen molar-refractivity contribution in [2.75, 3.05) is 39.8 Å². The molecule has 0 spiro atoms. The van der Waals surface area contributed by atoms with Gasteiger partial charge in [-0.15, -0.1) is 0 Å². The smallest absolute Gasteiger partial charge is 0.216 e. The predicted molar refractivity (Wildman–Crippen MR) is 61.8 cm³/mol. The van der Waals surface area contributed by atoms with Crippen molar-refractivity contribution in [2.45, 2.75) is 19.8 Å². The Morgan fingerprint density at radius 2 is 2.33 bits per heavy atom. The zero-order valence-electron chi connectivity index (χ0n) is 9.88. The number of amides is 1. The van der Waals surface area contributed by atoms with Crippen LogP contribution in [0.25, 0.3) is 0 Å². The summed E-state index contributed by atoms with van der Waals surface area (Å²) in [5.41, 5.74) is 0. The van der Waals surface area contributed by atoms with Crippen LogP contribution in [0.3, 0.4) is 0 Å². The normalized spacial score (nSPS) is 22.7. The summed E-state index contributed by atoms with van der Waals surface area (Å²) in [5.74, 6) is 0.847. The van der Waals surface area contributed by atoms with E-state index in [-0.39, 0.29) is 5.91 Å². The zero-order chi connectivity index (χ0) is 11.1. The Kier molecular flexibility index (Phi) is 5.65. The highest BCUT2D eigenvalue weighted by atomic mass is 16.1. The zero-order valence-corrected chi connectivity index (χ0v) is 9.88. The van der Waals surface area contributed by atoms with Gasteiger partial charge in [-0.2, -0.15) is 0 Å². The summed E-state index contributed by atoms with van der Waals surface area (Å²) in [7, 11) is 2.01. The van der Waals surface area contributed by atoms with Gasteiger partial charge in [0.2, 0.25) is 5.91 Å². The third-order valence-corrected chi connectivity index (χ3v) is 2.90. The highest BCUT2D eigenvalue weighted by Crippen LogP contribution is 2.14. The molecule has 0 aromatic carbocycles. The summed E-state index contributed by atoms with van der Waals surface area (Å²) >= 11 is 0. The molecule has 15 heavy (non-hydrogen) atoms. The molecule has 2 N–H and O–H groups in total. The van der Waals surface area contributed by atoms with Gasteiger partial charge < -0.3 is 15.5 Å². The van der Waals surface area contributed by atoms with Crippen LogP contribution >= 0.6 is 0 Å². The maximum atomic E-state index is 10.7. The molecule has 1 fully saturated rings. The number of hydrogen-bond donors (Lipinski definition) is 2. The summed E-state index contributed by atoms with van der Waals surface area (Å²) in [4.78, 5) is 13.2. The molecule has 1 amide bonds. The monoisotopic (exact) mass is 213 g/mol. The Hall–Kier alpha value is -0.610. The predicted octanol–water partition coefficient (Wildman–Crippen LogP) is 0.0539. The second-order valence-corrected chi connectivity index (χ2v) is 4.35. The Morgan fingerprint density at radius 3 is 3.00 bits per heavy atom. The second-order valence-electron chi connectivity index (χ2n) is 4.35. The van der Waals surface area contributed by atoms with E-state index in [0.29, 0.717) is 0 Å². The van der Waals surface area contributed by atoms with Gasteiger partial charge in [-0.25, -0.2) is 0 Å². The van der Waals surface area contributed by atoms with Gasteiger partial charge in [-0.1, -0.05) is 0 Å². The molecule has 0 bridgehead atoms. The number of carbonyl (C=O) groups excluding carboxylic acids is 1. The van der Waals surface area contributed by atoms with Crippen LogP contribution < -0.4 is 10.6 Å². The van der Waals surface area contributed by atoms with Crippen molar-refractivity contribution >= 4 is 5.91 Å². The SMILES string of the molecule is CNCC1CCCN(CCNC(C)=O)C1. The number of hydrogen-bond acceptors (Lipinski definition) is 3. The Morgan fingerprint density at radius 1 is 1.53 bits per heavy atom. The van der Waals surface area contributed by atoms with Crippen LogP contribution in [-0.4, -0.2) is 50.6 Å². The summed E-state index contributed by atoms with van der Waals surface area (Å²) in [6, 6.07) is 0. The first-order chi connectivity index (χ1) is 7.22. The quantitative estimate of drug-likeness (QED) is 0.678. The Labute approximate surface area is 92.4 Å². The fraction of sp³-hybridized carbons (Fsp3) is 0.909. The van der Waals surface area contributed by atoms with E-state index in [2.05, 4.69) is 15.5 Å². The lowest BCUT2D eigenvalue weighted by Gasteiger charge is -2.32. The fourth-order valence-electron chi connectivity index (χ4n) is 2.20. The van der Waals surface area contributed by atoms with Gasteiger partial charge in [0, 0.05) is 26.6 Å². The highest BCUT2D eigenvalue weighted by Gasteiger charge is 2.18. The number of likely N-dealkylation sites (tertiary alicyclic amines) is 1. The van der Waals surface area contributed by atoms with Gasteiger partial charge in [-0.05, 0) is 38.9 Å². The first-order valence-corrected chi connectivity index (χ1v) is 5.83. The molecule has 1 saturated heterocycles. The van der Waals surface area contributed by atoms with Crippen molar-refractivity contribution in [3.05, 3.63) is 0 Å². The average Bonchev–Trinajstić information content (AvgIpc) is 2.18. The molecule has 1 atom stereocenters. The minimum atomic E-state index is 0.0683. The molecule has 0 aromatic rings. The maximum Gasteiger partial charge on any atom is 0.216 e. The highest BCUT2D eigenvalue weighted by molar-refractivity contribution is 5.72. The third-order valence-electron chi connectivity index (χ3n) is 2.90. The summed E-state index contributed by atoms with van der Waals surface area (Å²) in [5, 5.41) is 6.08. The summed E-state index contributed by atoms with van der Waals surface area (Å²) in [6.07, 6.45) is 2.61. The molecule has 1 unspecified atom stereocenters. The first-order valence-electron chi connectivity index (χ1n) is 5.83. The lowest BCUT2D eigenvalue weighted by molar-refractivity contribution is -0.119. The first kappa shape index (κ1) is 12.5. The van der Waals surface area contributed by atoms with Crippen molar-refractivity contribution in [1.82, 2.24) is 15.5 Å². The number of nitrogens with one attached hydrogen (secondary N) is 2. The van der Waals surface area contributed by atoms with Crippen molar-refractivity contribution in [2.24, 2.45) is 5.92 Å². The van der Waals surface area contributed by atoms with Gasteiger partial charge in [0.25, 0.3) is 0 Å². The lowest BCUT2D eigenvalue weighted by atomic mass is 9.98. The van der Waals surface area contributed by atoms with Gasteiger partial charge in [-0.3, -0.25) is 4.79 Å². The van der Waals surface area contributed by atoms with Crippen LogP contribution in [0.1, 0.15) is 19.8 Å². The van der Waals surface area contributed by atoms with Crippen LogP contribution in [0, 0.1) is 5.92 Å². The Bertz CT molecular complexity index is 194. The van der Waals surface area contributed by atoms with E-state index in [4.69, 9.17) is 0 Å². The number of piperidine rings is 1. The van der Waals surface area contributed by atoms with Crippen molar-refractivity contribution in [3.63, 3.8) is 0 Å². The molecule has 4 nitrogen and oxygen atoms in total. The Balaban J connectivity index is 2.15. The molecule has 88 valence electrons. The van der Waals surface area contributed by atoms with Gasteiger partial charge in [0.15, 0.2) is 0 Å². The van der Waals surface area contributed by atoms with E-state index in [0.717, 1.165) is 25.6 Å².